The second-order valence-electron chi connectivity index (χ2n) is 5.84. The molecular weight excluding hydrogens is 386 g/mol. The fourth-order valence-electron chi connectivity index (χ4n) is 2.61. The Balaban J connectivity index is 0.00000364. The Labute approximate surface area is 167 Å². The molecule has 0 aliphatic heterocycles. The number of rotatable bonds is 9. The van der Waals surface area contributed by atoms with Crippen LogP contribution in [0.4, 0.5) is 0 Å². The van der Waals surface area contributed by atoms with Crippen LogP contribution in [0.25, 0.3) is 0 Å². The molecule has 0 atom stereocenters. The Morgan fingerprint density at radius 1 is 1.04 bits per heavy atom. The molecule has 8 heteroatoms. The summed E-state index contributed by atoms with van der Waals surface area (Å²) in [6.07, 6.45) is 0.736. The predicted molar refractivity (Wildman–Crippen MR) is 110 cm³/mol. The number of nitrogens with one attached hydrogen (secondary N) is 1. The van der Waals surface area contributed by atoms with Crippen LogP contribution in [0.2, 0.25) is 0 Å². The van der Waals surface area contributed by atoms with Gasteiger partial charge in [0, 0.05) is 31.7 Å². The quantitative estimate of drug-likeness (QED) is 0.660. The summed E-state index contributed by atoms with van der Waals surface area (Å²) in [7, 11) is -3.52. The van der Waals surface area contributed by atoms with Crippen molar-refractivity contribution in [2.75, 3.05) is 26.2 Å². The minimum absolute atomic E-state index is 0. The molecule has 0 aliphatic carbocycles. The van der Waals surface area contributed by atoms with Crippen molar-refractivity contribution in [2.24, 2.45) is 5.73 Å². The topological polar surface area (TPSA) is 92.5 Å². The van der Waals surface area contributed by atoms with Gasteiger partial charge < -0.3 is 10.6 Å². The van der Waals surface area contributed by atoms with E-state index in [2.05, 4.69) is 4.72 Å². The van der Waals surface area contributed by atoms with Crippen molar-refractivity contribution >= 4 is 28.3 Å². The molecule has 0 spiro atoms. The first-order valence-electron chi connectivity index (χ1n) is 8.61. The molecule has 0 saturated carbocycles. The van der Waals surface area contributed by atoms with E-state index >= 15 is 0 Å². The average molecular weight is 412 g/mol. The van der Waals surface area contributed by atoms with Crippen LogP contribution in [0.5, 0.6) is 0 Å². The molecule has 0 saturated heterocycles. The van der Waals surface area contributed by atoms with Gasteiger partial charge in [0.2, 0.25) is 10.0 Å². The molecule has 3 N–H and O–H groups in total. The van der Waals surface area contributed by atoms with E-state index in [9.17, 15) is 13.2 Å². The number of hydrogen-bond acceptors (Lipinski definition) is 4. The van der Waals surface area contributed by atoms with Gasteiger partial charge in [0.05, 0.1) is 4.90 Å². The van der Waals surface area contributed by atoms with Crippen LogP contribution >= 0.6 is 12.4 Å². The summed E-state index contributed by atoms with van der Waals surface area (Å²) >= 11 is 0. The fraction of sp³-hybridized carbons (Fsp3) is 0.316. The molecule has 1 amide bonds. The molecule has 0 aliphatic rings. The highest BCUT2D eigenvalue weighted by atomic mass is 35.5. The zero-order chi connectivity index (χ0) is 19.0. The maximum Gasteiger partial charge on any atom is 0.253 e. The molecule has 148 valence electrons. The average Bonchev–Trinajstić information content (AvgIpc) is 2.65. The van der Waals surface area contributed by atoms with E-state index < -0.39 is 10.0 Å². The standard InChI is InChI=1S/C19H25N3O3S.ClH/c1-2-21-26(24,25)18-10-8-17(9-11-18)19(23)22(15-13-20)14-12-16-6-4-3-5-7-16;/h3-11,21H,2,12-15,20H2,1H3;1H. The molecule has 2 aromatic carbocycles. The molecule has 2 aromatic rings. The summed E-state index contributed by atoms with van der Waals surface area (Å²) in [5.41, 5.74) is 7.24. The third kappa shape index (κ3) is 6.62. The summed E-state index contributed by atoms with van der Waals surface area (Å²) in [6, 6.07) is 15.9. The lowest BCUT2D eigenvalue weighted by Crippen LogP contribution is -2.37. The number of carbonyl (C=O) groups is 1. The zero-order valence-corrected chi connectivity index (χ0v) is 16.9. The Bertz CT molecular complexity index is 812. The molecule has 0 aromatic heterocycles. The van der Waals surface area contributed by atoms with E-state index in [4.69, 9.17) is 5.73 Å². The number of nitrogens with zero attached hydrogens (tertiary/aromatic N) is 1. The molecule has 0 unspecified atom stereocenters. The lowest BCUT2D eigenvalue weighted by molar-refractivity contribution is 0.0762. The Morgan fingerprint density at radius 2 is 1.67 bits per heavy atom. The minimum atomic E-state index is -3.52. The molecule has 2 rings (SSSR count). The Hall–Kier alpha value is -1.93. The van der Waals surface area contributed by atoms with Crippen molar-refractivity contribution in [1.82, 2.24) is 9.62 Å². The summed E-state index contributed by atoms with van der Waals surface area (Å²) < 4.78 is 26.4. The van der Waals surface area contributed by atoms with E-state index in [1.807, 2.05) is 30.3 Å². The van der Waals surface area contributed by atoms with E-state index in [1.54, 1.807) is 24.0 Å². The fourth-order valence-corrected chi connectivity index (χ4v) is 3.65. The van der Waals surface area contributed by atoms with Gasteiger partial charge in [-0.05, 0) is 36.2 Å². The third-order valence-electron chi connectivity index (χ3n) is 3.95. The molecule has 0 bridgehead atoms. The maximum atomic E-state index is 12.7. The number of benzene rings is 2. The molecule has 0 fully saturated rings. The van der Waals surface area contributed by atoms with Gasteiger partial charge in [0.15, 0.2) is 0 Å². The van der Waals surface area contributed by atoms with Crippen LogP contribution < -0.4 is 10.5 Å². The first-order chi connectivity index (χ1) is 12.5. The summed E-state index contributed by atoms with van der Waals surface area (Å²) in [5, 5.41) is 0. The Morgan fingerprint density at radius 3 is 2.22 bits per heavy atom. The van der Waals surface area contributed by atoms with Crippen LogP contribution in [0.1, 0.15) is 22.8 Å². The third-order valence-corrected chi connectivity index (χ3v) is 5.51. The monoisotopic (exact) mass is 411 g/mol. The van der Waals surface area contributed by atoms with Crippen LogP contribution in [0.15, 0.2) is 59.5 Å². The van der Waals surface area contributed by atoms with Crippen molar-refractivity contribution in [3.05, 3.63) is 65.7 Å². The smallest absolute Gasteiger partial charge is 0.253 e. The minimum Gasteiger partial charge on any atom is -0.337 e. The number of amides is 1. The van der Waals surface area contributed by atoms with Gasteiger partial charge in [-0.15, -0.1) is 12.4 Å². The second-order valence-corrected chi connectivity index (χ2v) is 7.61. The van der Waals surface area contributed by atoms with Crippen LogP contribution in [0.3, 0.4) is 0 Å². The van der Waals surface area contributed by atoms with Crippen molar-refractivity contribution in [3.63, 3.8) is 0 Å². The van der Waals surface area contributed by atoms with Gasteiger partial charge in [-0.3, -0.25) is 4.79 Å². The van der Waals surface area contributed by atoms with Gasteiger partial charge in [-0.2, -0.15) is 0 Å². The van der Waals surface area contributed by atoms with Crippen molar-refractivity contribution in [3.8, 4) is 0 Å². The van der Waals surface area contributed by atoms with Crippen molar-refractivity contribution in [2.45, 2.75) is 18.2 Å². The molecule has 0 heterocycles. The van der Waals surface area contributed by atoms with Crippen LogP contribution in [-0.4, -0.2) is 45.4 Å². The summed E-state index contributed by atoms with van der Waals surface area (Å²) in [4.78, 5) is 14.6. The van der Waals surface area contributed by atoms with E-state index in [0.29, 0.717) is 31.7 Å². The second kappa shape index (κ2) is 11.0. The lowest BCUT2D eigenvalue weighted by atomic mass is 10.1. The van der Waals surface area contributed by atoms with Gasteiger partial charge >= 0.3 is 0 Å². The molecule has 27 heavy (non-hydrogen) atoms. The zero-order valence-electron chi connectivity index (χ0n) is 15.3. The lowest BCUT2D eigenvalue weighted by Gasteiger charge is -2.22. The summed E-state index contributed by atoms with van der Waals surface area (Å²) in [5.74, 6) is -0.154. The number of hydrogen-bond donors (Lipinski definition) is 2. The first-order valence-corrected chi connectivity index (χ1v) is 10.1. The number of carbonyl (C=O) groups excluding carboxylic acids is 1. The molecular formula is C19H26ClN3O3S. The van der Waals surface area contributed by atoms with Crippen molar-refractivity contribution < 1.29 is 13.2 Å². The highest BCUT2D eigenvalue weighted by Crippen LogP contribution is 2.13. The van der Waals surface area contributed by atoms with Crippen LogP contribution in [-0.2, 0) is 16.4 Å². The van der Waals surface area contributed by atoms with Gasteiger partial charge in [0.25, 0.3) is 5.91 Å². The van der Waals surface area contributed by atoms with Crippen LogP contribution in [0, 0.1) is 0 Å². The summed E-state index contributed by atoms with van der Waals surface area (Å²) in [6.45, 7) is 3.40. The van der Waals surface area contributed by atoms with E-state index in [0.717, 1.165) is 12.0 Å². The molecule has 6 nitrogen and oxygen atoms in total. The number of halogens is 1. The van der Waals surface area contributed by atoms with Gasteiger partial charge in [0.1, 0.15) is 0 Å². The highest BCUT2D eigenvalue weighted by Gasteiger charge is 2.17. The van der Waals surface area contributed by atoms with Gasteiger partial charge in [-0.1, -0.05) is 37.3 Å². The van der Waals surface area contributed by atoms with E-state index in [1.165, 1.54) is 12.1 Å². The SMILES string of the molecule is CCNS(=O)(=O)c1ccc(C(=O)N(CCN)CCc2ccccc2)cc1.Cl. The van der Waals surface area contributed by atoms with E-state index in [-0.39, 0.29) is 23.2 Å². The van der Waals surface area contributed by atoms with Gasteiger partial charge in [-0.25, -0.2) is 13.1 Å². The molecule has 0 radical (unpaired) electrons. The first kappa shape index (κ1) is 23.1. The number of nitrogens with two attached hydrogens (primary N) is 1. The number of sulfonamides is 1. The Kier molecular flexibility index (Phi) is 9.45. The largest absolute Gasteiger partial charge is 0.337 e. The highest BCUT2D eigenvalue weighted by molar-refractivity contribution is 7.89. The maximum absolute atomic E-state index is 12.7. The normalized spacial score (nSPS) is 10.9. The van der Waals surface area contributed by atoms with Crippen molar-refractivity contribution in [1.29, 1.82) is 0 Å². The predicted octanol–water partition coefficient (Wildman–Crippen LogP) is 2.05.